The van der Waals surface area contributed by atoms with Gasteiger partial charge in [0.05, 0.1) is 5.58 Å². The minimum atomic E-state index is -2.09. The van der Waals surface area contributed by atoms with Crippen LogP contribution in [-0.4, -0.2) is 24.9 Å². The molecule has 0 atom stereocenters. The van der Waals surface area contributed by atoms with Gasteiger partial charge in [0.2, 0.25) is 0 Å². The molecular formula is C44H29IrN5O-2. The Hall–Kier alpha value is -6.14. The second-order valence-electron chi connectivity index (χ2n) is 11.4. The van der Waals surface area contributed by atoms with Gasteiger partial charge in [0.1, 0.15) is 5.58 Å². The van der Waals surface area contributed by atoms with E-state index in [-0.39, 0.29) is 25.7 Å². The maximum atomic E-state index is 7.23. The summed E-state index contributed by atoms with van der Waals surface area (Å²) in [6.07, 6.45) is 3.17. The third kappa shape index (κ3) is 7.26. The van der Waals surface area contributed by atoms with E-state index in [1.54, 1.807) is 24.4 Å². The molecule has 9 aromatic rings. The molecule has 0 aliphatic carbocycles. The molecule has 0 unspecified atom stereocenters. The summed E-state index contributed by atoms with van der Waals surface area (Å²) in [5.74, 6) is 1.84. The third-order valence-electron chi connectivity index (χ3n) is 8.06. The van der Waals surface area contributed by atoms with E-state index in [1.165, 1.54) is 6.20 Å². The van der Waals surface area contributed by atoms with Gasteiger partial charge in [-0.05, 0) is 35.9 Å². The Morgan fingerprint density at radius 1 is 0.569 bits per heavy atom. The predicted octanol–water partition coefficient (Wildman–Crippen LogP) is 10.5. The minimum Gasteiger partial charge on any atom is -0.501 e. The summed E-state index contributed by atoms with van der Waals surface area (Å²) in [6, 6.07) is 52.9. The van der Waals surface area contributed by atoms with Gasteiger partial charge in [0, 0.05) is 58.7 Å². The molecule has 0 bridgehead atoms. The summed E-state index contributed by atoms with van der Waals surface area (Å²) >= 11 is 0. The van der Waals surface area contributed by atoms with Crippen LogP contribution in [0.15, 0.2) is 162 Å². The Kier molecular flexibility index (Phi) is 8.85. The van der Waals surface area contributed by atoms with Crippen molar-refractivity contribution in [1.82, 2.24) is 24.9 Å². The zero-order valence-corrected chi connectivity index (χ0v) is 29.4. The number of aromatic nitrogens is 5. The van der Waals surface area contributed by atoms with Crippen LogP contribution in [0.3, 0.4) is 0 Å². The summed E-state index contributed by atoms with van der Waals surface area (Å²) in [5, 5.41) is 2.04. The van der Waals surface area contributed by atoms with E-state index in [1.807, 2.05) is 121 Å². The molecule has 1 radical (unpaired) electrons. The Bertz CT molecular complexity index is 2580. The standard InChI is InChI=1S/C32H19N4O.C12H10N.Ir/c1-3-10-21(11-4-1)30-34-31(22-12-5-2-6-13-22)36-32(35-30)23-17-18-24-25-14-9-15-26(27-16-7-8-19-33-27)29(25)37-28(24)20-23;1-10-7-8-12(13-9-10)11-5-3-2-4-6-11;/h1-14,16-20H;2-5,7-9H,1H3;/q2*-1;/i;1D3;. The molecule has 51 heavy (non-hydrogen) atoms. The van der Waals surface area contributed by atoms with Gasteiger partial charge in [0.15, 0.2) is 17.5 Å². The number of furan rings is 1. The van der Waals surface area contributed by atoms with Crippen molar-refractivity contribution in [2.24, 2.45) is 0 Å². The summed E-state index contributed by atoms with van der Waals surface area (Å²) in [4.78, 5) is 23.1. The van der Waals surface area contributed by atoms with Gasteiger partial charge in [-0.15, -0.1) is 54.1 Å². The molecule has 0 amide bonds. The van der Waals surface area contributed by atoms with Crippen molar-refractivity contribution in [2.75, 3.05) is 0 Å². The molecule has 0 N–H and O–H groups in total. The van der Waals surface area contributed by atoms with Crippen molar-refractivity contribution < 1.29 is 28.6 Å². The first-order valence-corrected chi connectivity index (χ1v) is 16.0. The first kappa shape index (κ1) is 29.7. The van der Waals surface area contributed by atoms with E-state index in [9.17, 15) is 0 Å². The average Bonchev–Trinajstić information content (AvgIpc) is 3.60. The normalized spacial score (nSPS) is 11.8. The Morgan fingerprint density at radius 2 is 1.27 bits per heavy atom. The van der Waals surface area contributed by atoms with Crippen LogP contribution in [0.1, 0.15) is 9.68 Å². The van der Waals surface area contributed by atoms with Crippen LogP contribution in [0.2, 0.25) is 0 Å². The molecule has 0 spiro atoms. The van der Waals surface area contributed by atoms with Crippen LogP contribution in [0.25, 0.3) is 78.6 Å². The van der Waals surface area contributed by atoms with Gasteiger partial charge in [-0.1, -0.05) is 108 Å². The summed E-state index contributed by atoms with van der Waals surface area (Å²) < 4.78 is 28.1. The van der Waals surface area contributed by atoms with Crippen molar-refractivity contribution in [1.29, 1.82) is 0 Å². The van der Waals surface area contributed by atoms with Gasteiger partial charge < -0.3 is 14.4 Å². The van der Waals surface area contributed by atoms with E-state index >= 15 is 0 Å². The first-order valence-electron chi connectivity index (χ1n) is 17.5. The van der Waals surface area contributed by atoms with Crippen LogP contribution in [0.5, 0.6) is 0 Å². The molecule has 5 aromatic carbocycles. The smallest absolute Gasteiger partial charge is 0.164 e. The van der Waals surface area contributed by atoms with Gasteiger partial charge in [-0.3, -0.25) is 0 Å². The van der Waals surface area contributed by atoms with Gasteiger partial charge in [-0.25, -0.2) is 15.0 Å². The van der Waals surface area contributed by atoms with Crippen molar-refractivity contribution in [3.63, 3.8) is 0 Å². The third-order valence-corrected chi connectivity index (χ3v) is 8.06. The van der Waals surface area contributed by atoms with Crippen molar-refractivity contribution in [2.45, 2.75) is 6.85 Å². The summed E-state index contributed by atoms with van der Waals surface area (Å²) in [6.45, 7) is -2.09. The second kappa shape index (κ2) is 15.2. The number of nitrogens with zero attached hydrogens (tertiary/aromatic N) is 5. The van der Waals surface area contributed by atoms with Gasteiger partial charge in [0.25, 0.3) is 0 Å². The maximum Gasteiger partial charge on any atom is 0.164 e. The predicted molar refractivity (Wildman–Crippen MR) is 199 cm³/mol. The number of pyridine rings is 2. The zero-order valence-electron chi connectivity index (χ0n) is 30.0. The number of benzene rings is 5. The molecule has 7 heteroatoms. The molecular weight excluding hydrogens is 807 g/mol. The molecule has 0 aliphatic rings. The maximum absolute atomic E-state index is 7.23. The van der Waals surface area contributed by atoms with Crippen molar-refractivity contribution in [3.8, 4) is 56.7 Å². The van der Waals surface area contributed by atoms with E-state index in [4.69, 9.17) is 23.5 Å². The van der Waals surface area contributed by atoms with Crippen LogP contribution < -0.4 is 0 Å². The Labute approximate surface area is 313 Å². The summed E-state index contributed by atoms with van der Waals surface area (Å²) in [5.41, 5.74) is 7.75. The fraction of sp³-hybridized carbons (Fsp3) is 0.0227. The van der Waals surface area contributed by atoms with Crippen molar-refractivity contribution in [3.05, 3.63) is 176 Å². The van der Waals surface area contributed by atoms with E-state index in [2.05, 4.69) is 28.2 Å². The topological polar surface area (TPSA) is 77.6 Å². The Balaban J connectivity index is 0.000000223. The molecule has 4 aromatic heterocycles. The fourth-order valence-corrected chi connectivity index (χ4v) is 5.63. The van der Waals surface area contributed by atoms with Crippen LogP contribution in [-0.2, 0) is 20.1 Å². The average molecular weight is 839 g/mol. The number of fused-ring (bicyclic) bond motifs is 3. The fourth-order valence-electron chi connectivity index (χ4n) is 5.63. The minimum absolute atomic E-state index is 0. The molecule has 6 nitrogen and oxygen atoms in total. The molecule has 0 fully saturated rings. The number of aryl methyl sites for hydroxylation is 1. The van der Waals surface area contributed by atoms with E-state index in [0.29, 0.717) is 17.5 Å². The molecule has 4 heterocycles. The SMILES string of the molecule is [2H]C([2H])([2H])c1ccc(-c2[c-]cccc2)nc1.[Ir].[c-]1ccc2c(oc3cc(-c4nc(-c5ccccc5)nc(-c5ccccc5)n4)ccc32)c1-c1ccccn1. The van der Waals surface area contributed by atoms with E-state index in [0.717, 1.165) is 61.1 Å². The molecule has 247 valence electrons. The van der Waals surface area contributed by atoms with Crippen LogP contribution in [0, 0.1) is 19.0 Å². The number of rotatable bonds is 5. The Morgan fingerprint density at radius 3 is 1.90 bits per heavy atom. The number of hydrogen-bond acceptors (Lipinski definition) is 6. The van der Waals surface area contributed by atoms with Crippen LogP contribution >= 0.6 is 0 Å². The molecule has 9 rings (SSSR count). The van der Waals surface area contributed by atoms with Crippen molar-refractivity contribution >= 4 is 21.9 Å². The molecule has 0 saturated heterocycles. The summed E-state index contributed by atoms with van der Waals surface area (Å²) in [7, 11) is 0. The monoisotopic (exact) mass is 839 g/mol. The second-order valence-corrected chi connectivity index (χ2v) is 11.4. The molecule has 0 aliphatic heterocycles. The van der Waals surface area contributed by atoms with Gasteiger partial charge in [-0.2, -0.15) is 0 Å². The largest absolute Gasteiger partial charge is 0.501 e. The van der Waals surface area contributed by atoms with Crippen LogP contribution in [0.4, 0.5) is 0 Å². The first-order chi connectivity index (χ1) is 25.9. The van der Waals surface area contributed by atoms with E-state index < -0.39 is 6.85 Å². The zero-order chi connectivity index (χ0) is 36.2. The quantitative estimate of drug-likeness (QED) is 0.161. The molecule has 0 saturated carbocycles. The van der Waals surface area contributed by atoms with Gasteiger partial charge >= 0.3 is 0 Å². The number of hydrogen-bond donors (Lipinski definition) is 0.